The summed E-state index contributed by atoms with van der Waals surface area (Å²) in [5.41, 5.74) is -0.611. The number of ether oxygens (including phenoxy) is 2. The van der Waals surface area contributed by atoms with Crippen LogP contribution in [0.4, 0.5) is 5.69 Å². The number of hydrogen-bond donors (Lipinski definition) is 2. The molecule has 0 aliphatic heterocycles. The first-order valence-electron chi connectivity index (χ1n) is 6.73. The summed E-state index contributed by atoms with van der Waals surface area (Å²) in [4.78, 5) is 33.2. The van der Waals surface area contributed by atoms with Crippen molar-refractivity contribution >= 4 is 17.6 Å². The van der Waals surface area contributed by atoms with E-state index in [-0.39, 0.29) is 29.9 Å². The summed E-state index contributed by atoms with van der Waals surface area (Å²) in [6.07, 6.45) is 0.0949. The maximum absolute atomic E-state index is 12.2. The zero-order valence-electron chi connectivity index (χ0n) is 13.0. The Morgan fingerprint density at radius 3 is 2.35 bits per heavy atom. The molecule has 126 valence electrons. The van der Waals surface area contributed by atoms with Crippen LogP contribution in [-0.4, -0.2) is 42.2 Å². The number of carboxylic acids is 1. The third-order valence-electron chi connectivity index (χ3n) is 3.11. The Morgan fingerprint density at radius 2 is 1.87 bits per heavy atom. The number of carbonyl (C=O) groups excluding carboxylic acids is 1. The lowest BCUT2D eigenvalue weighted by atomic mass is 10.1. The van der Waals surface area contributed by atoms with E-state index in [1.807, 2.05) is 0 Å². The fourth-order valence-corrected chi connectivity index (χ4v) is 1.91. The number of carbonyl (C=O) groups is 2. The minimum Gasteiger partial charge on any atom is -0.493 e. The molecule has 1 aromatic carbocycles. The Bertz CT molecular complexity index is 615. The molecule has 1 rings (SSSR count). The molecule has 2 N–H and O–H groups in total. The first-order chi connectivity index (χ1) is 10.8. The molecule has 0 saturated carbocycles. The molecule has 0 heterocycles. The standard InChI is InChI=1S/C14H18N2O7/c1-8(4-5-13(17)18)15-14(19)9-6-11(22-2)12(23-3)7-10(9)16(20)21/h6-8H,4-5H2,1-3H3,(H,15,19)(H,17,18). The summed E-state index contributed by atoms with van der Waals surface area (Å²) in [6, 6.07) is 1.87. The molecule has 0 spiro atoms. The van der Waals surface area contributed by atoms with Crippen molar-refractivity contribution < 1.29 is 29.1 Å². The normalized spacial score (nSPS) is 11.4. The van der Waals surface area contributed by atoms with Crippen molar-refractivity contribution in [1.82, 2.24) is 5.32 Å². The third-order valence-corrected chi connectivity index (χ3v) is 3.11. The number of nitrogens with one attached hydrogen (secondary N) is 1. The number of aliphatic carboxylic acids is 1. The molecule has 23 heavy (non-hydrogen) atoms. The van der Waals surface area contributed by atoms with Crippen LogP contribution >= 0.6 is 0 Å². The van der Waals surface area contributed by atoms with Crippen LogP contribution < -0.4 is 14.8 Å². The van der Waals surface area contributed by atoms with Gasteiger partial charge < -0.3 is 19.9 Å². The molecule has 0 bridgehead atoms. The zero-order valence-corrected chi connectivity index (χ0v) is 13.0. The van der Waals surface area contributed by atoms with Gasteiger partial charge in [-0.2, -0.15) is 0 Å². The van der Waals surface area contributed by atoms with Crippen molar-refractivity contribution in [2.75, 3.05) is 14.2 Å². The van der Waals surface area contributed by atoms with Crippen LogP contribution in [0.5, 0.6) is 11.5 Å². The van der Waals surface area contributed by atoms with Gasteiger partial charge in [-0.05, 0) is 13.3 Å². The molecular formula is C14H18N2O7. The van der Waals surface area contributed by atoms with Crippen LogP contribution in [0.1, 0.15) is 30.1 Å². The van der Waals surface area contributed by atoms with Gasteiger partial charge in [0.2, 0.25) is 0 Å². The van der Waals surface area contributed by atoms with Gasteiger partial charge in [0.1, 0.15) is 5.56 Å². The Hall–Kier alpha value is -2.84. The SMILES string of the molecule is COc1cc(C(=O)NC(C)CCC(=O)O)c([N+](=O)[O-])cc1OC. The number of amides is 1. The highest BCUT2D eigenvalue weighted by Crippen LogP contribution is 2.34. The average molecular weight is 326 g/mol. The van der Waals surface area contributed by atoms with E-state index < -0.39 is 28.5 Å². The van der Waals surface area contributed by atoms with Gasteiger partial charge >= 0.3 is 5.97 Å². The predicted molar refractivity (Wildman–Crippen MR) is 80.0 cm³/mol. The summed E-state index contributed by atoms with van der Waals surface area (Å²) in [6.45, 7) is 1.62. The van der Waals surface area contributed by atoms with Gasteiger partial charge in [-0.3, -0.25) is 19.7 Å². The van der Waals surface area contributed by atoms with E-state index in [0.717, 1.165) is 6.07 Å². The van der Waals surface area contributed by atoms with Gasteiger partial charge in [-0.15, -0.1) is 0 Å². The highest BCUT2D eigenvalue weighted by Gasteiger charge is 2.25. The highest BCUT2D eigenvalue weighted by atomic mass is 16.6. The summed E-state index contributed by atoms with van der Waals surface area (Å²) < 4.78 is 10.0. The van der Waals surface area contributed by atoms with E-state index in [9.17, 15) is 19.7 Å². The molecule has 1 amide bonds. The number of carboxylic acid groups (broad SMARTS) is 1. The van der Waals surface area contributed by atoms with Gasteiger partial charge in [-0.1, -0.05) is 0 Å². The lowest BCUT2D eigenvalue weighted by molar-refractivity contribution is -0.385. The van der Waals surface area contributed by atoms with Crippen LogP contribution in [0, 0.1) is 10.1 Å². The zero-order chi connectivity index (χ0) is 17.6. The molecule has 0 aromatic heterocycles. The number of hydrogen-bond acceptors (Lipinski definition) is 6. The Balaban J connectivity index is 3.07. The maximum Gasteiger partial charge on any atom is 0.303 e. The highest BCUT2D eigenvalue weighted by molar-refractivity contribution is 5.99. The summed E-state index contributed by atoms with van der Waals surface area (Å²) in [5, 5.41) is 22.3. The van der Waals surface area contributed by atoms with Gasteiger partial charge in [-0.25, -0.2) is 0 Å². The van der Waals surface area contributed by atoms with Crippen molar-refractivity contribution in [3.05, 3.63) is 27.8 Å². The van der Waals surface area contributed by atoms with Crippen LogP contribution in [0.2, 0.25) is 0 Å². The smallest absolute Gasteiger partial charge is 0.303 e. The van der Waals surface area contributed by atoms with E-state index in [2.05, 4.69) is 5.32 Å². The second-order valence-corrected chi connectivity index (χ2v) is 4.79. The quantitative estimate of drug-likeness (QED) is 0.548. The van der Waals surface area contributed by atoms with Crippen molar-refractivity contribution in [2.45, 2.75) is 25.8 Å². The number of benzene rings is 1. The van der Waals surface area contributed by atoms with Crippen molar-refractivity contribution in [2.24, 2.45) is 0 Å². The van der Waals surface area contributed by atoms with Crippen molar-refractivity contribution in [1.29, 1.82) is 0 Å². The molecule has 1 aromatic rings. The molecule has 1 unspecified atom stereocenters. The van der Waals surface area contributed by atoms with E-state index in [1.54, 1.807) is 6.92 Å². The van der Waals surface area contributed by atoms with Gasteiger partial charge in [0, 0.05) is 18.5 Å². The van der Waals surface area contributed by atoms with E-state index >= 15 is 0 Å². The fraction of sp³-hybridized carbons (Fsp3) is 0.429. The molecule has 0 radical (unpaired) electrons. The maximum atomic E-state index is 12.2. The predicted octanol–water partition coefficient (Wildman–Crippen LogP) is 1.60. The van der Waals surface area contributed by atoms with Crippen LogP contribution in [0.3, 0.4) is 0 Å². The summed E-state index contributed by atoms with van der Waals surface area (Å²) >= 11 is 0. The van der Waals surface area contributed by atoms with Crippen LogP contribution in [0.25, 0.3) is 0 Å². The minimum absolute atomic E-state index is 0.116. The molecule has 0 aliphatic carbocycles. The number of methoxy groups -OCH3 is 2. The minimum atomic E-state index is -0.983. The number of rotatable bonds is 8. The molecule has 0 aliphatic rings. The lowest BCUT2D eigenvalue weighted by Crippen LogP contribution is -2.33. The average Bonchev–Trinajstić information content (AvgIpc) is 2.51. The van der Waals surface area contributed by atoms with Crippen LogP contribution in [-0.2, 0) is 4.79 Å². The fourth-order valence-electron chi connectivity index (χ4n) is 1.91. The summed E-state index contributed by atoms with van der Waals surface area (Å²) in [7, 11) is 2.68. The van der Waals surface area contributed by atoms with Gasteiger partial charge in [0.15, 0.2) is 11.5 Å². The largest absolute Gasteiger partial charge is 0.493 e. The molecular weight excluding hydrogens is 308 g/mol. The van der Waals surface area contributed by atoms with E-state index in [0.29, 0.717) is 0 Å². The third kappa shape index (κ3) is 4.83. The second kappa shape index (κ2) is 7.97. The monoisotopic (exact) mass is 326 g/mol. The van der Waals surface area contributed by atoms with E-state index in [1.165, 1.54) is 20.3 Å². The Labute approximate surface area is 132 Å². The number of nitrogens with zero attached hydrogens (tertiary/aromatic N) is 1. The lowest BCUT2D eigenvalue weighted by Gasteiger charge is -2.14. The van der Waals surface area contributed by atoms with E-state index in [4.69, 9.17) is 14.6 Å². The topological polar surface area (TPSA) is 128 Å². The molecule has 9 nitrogen and oxygen atoms in total. The number of nitro groups is 1. The molecule has 0 saturated heterocycles. The second-order valence-electron chi connectivity index (χ2n) is 4.79. The molecule has 1 atom stereocenters. The Morgan fingerprint density at radius 1 is 1.30 bits per heavy atom. The molecule has 0 fully saturated rings. The molecule has 9 heteroatoms. The Kier molecular flexibility index (Phi) is 6.31. The van der Waals surface area contributed by atoms with Crippen LogP contribution in [0.15, 0.2) is 12.1 Å². The first-order valence-corrected chi connectivity index (χ1v) is 6.73. The van der Waals surface area contributed by atoms with Crippen molar-refractivity contribution in [3.8, 4) is 11.5 Å². The number of nitro benzene ring substituents is 1. The summed E-state index contributed by atoms with van der Waals surface area (Å²) in [5.74, 6) is -1.35. The van der Waals surface area contributed by atoms with Gasteiger partial charge in [0.25, 0.3) is 11.6 Å². The van der Waals surface area contributed by atoms with Gasteiger partial charge in [0.05, 0.1) is 25.2 Å². The van der Waals surface area contributed by atoms with Crippen molar-refractivity contribution in [3.63, 3.8) is 0 Å². The first kappa shape index (κ1) is 18.2.